The van der Waals surface area contributed by atoms with Crippen molar-refractivity contribution in [2.45, 2.75) is 12.3 Å². The molecule has 4 rings (SSSR count). The molecule has 3 heterocycles. The first-order valence-electron chi connectivity index (χ1n) is 8.05. The Bertz CT molecular complexity index is 762. The van der Waals surface area contributed by atoms with E-state index in [-0.39, 0.29) is 11.8 Å². The number of hydrogen-bond acceptors (Lipinski definition) is 3. The quantitative estimate of drug-likeness (QED) is 0.912. The Morgan fingerprint density at radius 2 is 2.04 bits per heavy atom. The van der Waals surface area contributed by atoms with E-state index in [2.05, 4.69) is 0 Å². The van der Waals surface area contributed by atoms with Gasteiger partial charge in [0, 0.05) is 30.9 Å². The van der Waals surface area contributed by atoms with Crippen LogP contribution in [0.15, 0.2) is 47.2 Å². The van der Waals surface area contributed by atoms with Gasteiger partial charge in [-0.2, -0.15) is 11.3 Å². The minimum atomic E-state index is -0.571. The van der Waals surface area contributed by atoms with E-state index < -0.39 is 11.4 Å². The molecule has 124 valence electrons. The first kappa shape index (κ1) is 15.2. The second-order valence-corrected chi connectivity index (χ2v) is 7.31. The van der Waals surface area contributed by atoms with Crippen LogP contribution in [0.3, 0.4) is 0 Å². The van der Waals surface area contributed by atoms with Crippen molar-refractivity contribution in [3.8, 4) is 0 Å². The number of carbonyl (C=O) groups is 2. The number of anilines is 1. The van der Waals surface area contributed by atoms with Gasteiger partial charge in [-0.3, -0.25) is 4.79 Å². The highest BCUT2D eigenvalue weighted by Gasteiger charge is 2.58. The fourth-order valence-corrected chi connectivity index (χ4v) is 4.75. The molecular formula is C18H19N3O2S. The van der Waals surface area contributed by atoms with E-state index in [4.69, 9.17) is 5.73 Å². The lowest BCUT2D eigenvalue weighted by atomic mass is 9.73. The molecule has 0 bridgehead atoms. The number of likely N-dealkylation sites (tertiary alicyclic amines) is 1. The molecule has 2 atom stereocenters. The Morgan fingerprint density at radius 3 is 2.71 bits per heavy atom. The van der Waals surface area contributed by atoms with Crippen molar-refractivity contribution in [2.75, 3.05) is 24.5 Å². The lowest BCUT2D eigenvalue weighted by molar-refractivity contribution is -0.125. The molecule has 1 aromatic carbocycles. The summed E-state index contributed by atoms with van der Waals surface area (Å²) in [6, 6.07) is 11.5. The van der Waals surface area contributed by atoms with Gasteiger partial charge in [0.2, 0.25) is 5.91 Å². The predicted octanol–water partition coefficient (Wildman–Crippen LogP) is 2.65. The Hall–Kier alpha value is -2.34. The SMILES string of the molecule is NC(=O)N1C[C@@H](c2ccccc2)[C@@]2(CCN(c3ccsc3)C2=O)C1. The fraction of sp³-hybridized carbons (Fsp3) is 0.333. The van der Waals surface area contributed by atoms with Crippen LogP contribution < -0.4 is 10.6 Å². The lowest BCUT2D eigenvalue weighted by Crippen LogP contribution is -2.41. The summed E-state index contributed by atoms with van der Waals surface area (Å²) in [6.07, 6.45) is 0.741. The molecule has 24 heavy (non-hydrogen) atoms. The van der Waals surface area contributed by atoms with E-state index in [1.807, 2.05) is 52.1 Å². The largest absolute Gasteiger partial charge is 0.351 e. The summed E-state index contributed by atoms with van der Waals surface area (Å²) in [5.41, 5.74) is 7.01. The summed E-state index contributed by atoms with van der Waals surface area (Å²) < 4.78 is 0. The zero-order valence-electron chi connectivity index (χ0n) is 13.2. The molecule has 0 unspecified atom stereocenters. The fourth-order valence-electron chi connectivity index (χ4n) is 4.10. The maximum Gasteiger partial charge on any atom is 0.314 e. The van der Waals surface area contributed by atoms with Crippen LogP contribution in [-0.4, -0.2) is 36.5 Å². The summed E-state index contributed by atoms with van der Waals surface area (Å²) in [5.74, 6) is 0.0980. The van der Waals surface area contributed by atoms with Crippen molar-refractivity contribution < 1.29 is 9.59 Å². The highest BCUT2D eigenvalue weighted by Crippen LogP contribution is 2.50. The molecule has 3 amide bonds. The van der Waals surface area contributed by atoms with Crippen LogP contribution in [-0.2, 0) is 4.79 Å². The third kappa shape index (κ3) is 2.21. The topological polar surface area (TPSA) is 66.6 Å². The highest BCUT2D eigenvalue weighted by atomic mass is 32.1. The van der Waals surface area contributed by atoms with E-state index in [1.54, 1.807) is 16.2 Å². The lowest BCUT2D eigenvalue weighted by Gasteiger charge is -2.28. The third-order valence-electron chi connectivity index (χ3n) is 5.33. The monoisotopic (exact) mass is 341 g/mol. The summed E-state index contributed by atoms with van der Waals surface area (Å²) in [7, 11) is 0. The Kier molecular flexibility index (Phi) is 3.57. The molecule has 2 aliphatic rings. The number of amides is 3. The zero-order chi connectivity index (χ0) is 16.7. The maximum absolute atomic E-state index is 13.3. The molecule has 0 aliphatic carbocycles. The predicted molar refractivity (Wildman–Crippen MR) is 94.1 cm³/mol. The number of primary amides is 1. The van der Waals surface area contributed by atoms with E-state index in [9.17, 15) is 9.59 Å². The van der Waals surface area contributed by atoms with Crippen LogP contribution in [0.5, 0.6) is 0 Å². The molecular weight excluding hydrogens is 322 g/mol. The number of rotatable bonds is 2. The smallest absolute Gasteiger partial charge is 0.314 e. The molecule has 2 saturated heterocycles. The van der Waals surface area contributed by atoms with Crippen molar-refractivity contribution >= 4 is 29.0 Å². The molecule has 0 saturated carbocycles. The van der Waals surface area contributed by atoms with Crippen molar-refractivity contribution in [3.63, 3.8) is 0 Å². The van der Waals surface area contributed by atoms with Gasteiger partial charge in [0.15, 0.2) is 0 Å². The average Bonchev–Trinajstić information content (AvgIpc) is 3.30. The molecule has 0 radical (unpaired) electrons. The highest BCUT2D eigenvalue weighted by molar-refractivity contribution is 7.08. The number of benzene rings is 1. The Labute approximate surface area is 144 Å². The van der Waals surface area contributed by atoms with E-state index in [0.29, 0.717) is 19.6 Å². The molecule has 5 nitrogen and oxygen atoms in total. The summed E-state index contributed by atoms with van der Waals surface area (Å²) in [5, 5.41) is 3.97. The molecule has 6 heteroatoms. The van der Waals surface area contributed by atoms with Crippen molar-refractivity contribution in [1.29, 1.82) is 0 Å². The second kappa shape index (κ2) is 5.63. The number of urea groups is 1. The average molecular weight is 341 g/mol. The van der Waals surface area contributed by atoms with Crippen LogP contribution in [0.4, 0.5) is 10.5 Å². The summed E-state index contributed by atoms with van der Waals surface area (Å²) >= 11 is 1.58. The number of carbonyl (C=O) groups excluding carboxylic acids is 2. The van der Waals surface area contributed by atoms with E-state index in [1.165, 1.54) is 0 Å². The first-order chi connectivity index (χ1) is 11.6. The van der Waals surface area contributed by atoms with Crippen LogP contribution >= 0.6 is 11.3 Å². The molecule has 2 fully saturated rings. The van der Waals surface area contributed by atoms with Crippen LogP contribution in [0, 0.1) is 5.41 Å². The standard InChI is InChI=1S/C18H19N3O2S/c19-17(23)20-10-15(13-4-2-1-3-5-13)18(12-20)7-8-21(16(18)22)14-6-9-24-11-14/h1-6,9,11,15H,7-8,10,12H2,(H2,19,23)/t15-,18+/m0/s1. The van der Waals surface area contributed by atoms with Crippen LogP contribution in [0.1, 0.15) is 17.9 Å². The van der Waals surface area contributed by atoms with Crippen molar-refractivity contribution in [3.05, 3.63) is 52.7 Å². The van der Waals surface area contributed by atoms with Gasteiger partial charge in [-0.25, -0.2) is 4.79 Å². The second-order valence-electron chi connectivity index (χ2n) is 6.53. The van der Waals surface area contributed by atoms with Gasteiger partial charge in [0.25, 0.3) is 0 Å². The number of hydrogen-bond donors (Lipinski definition) is 1. The molecule has 2 aromatic rings. The molecule has 2 aliphatic heterocycles. The van der Waals surface area contributed by atoms with Gasteiger partial charge in [-0.1, -0.05) is 30.3 Å². The minimum Gasteiger partial charge on any atom is -0.351 e. The minimum absolute atomic E-state index is 0.0117. The summed E-state index contributed by atoms with van der Waals surface area (Å²) in [4.78, 5) is 28.6. The zero-order valence-corrected chi connectivity index (χ0v) is 14.0. The van der Waals surface area contributed by atoms with E-state index >= 15 is 0 Å². The normalized spacial score (nSPS) is 26.5. The van der Waals surface area contributed by atoms with Gasteiger partial charge in [0.05, 0.1) is 11.1 Å². The Morgan fingerprint density at radius 1 is 1.25 bits per heavy atom. The van der Waals surface area contributed by atoms with Crippen LogP contribution in [0.25, 0.3) is 0 Å². The maximum atomic E-state index is 13.3. The number of thiophene rings is 1. The van der Waals surface area contributed by atoms with Crippen molar-refractivity contribution in [2.24, 2.45) is 11.1 Å². The van der Waals surface area contributed by atoms with Gasteiger partial charge >= 0.3 is 6.03 Å². The number of nitrogens with two attached hydrogens (primary N) is 1. The third-order valence-corrected chi connectivity index (χ3v) is 6.00. The Balaban J connectivity index is 1.73. The molecule has 1 spiro atoms. The van der Waals surface area contributed by atoms with E-state index in [0.717, 1.165) is 17.7 Å². The van der Waals surface area contributed by atoms with Crippen LogP contribution in [0.2, 0.25) is 0 Å². The van der Waals surface area contributed by atoms with Crippen molar-refractivity contribution in [1.82, 2.24) is 4.90 Å². The van der Waals surface area contributed by atoms with Gasteiger partial charge in [-0.05, 0) is 23.4 Å². The van der Waals surface area contributed by atoms with Gasteiger partial charge in [0.1, 0.15) is 0 Å². The van der Waals surface area contributed by atoms with Gasteiger partial charge in [-0.15, -0.1) is 0 Å². The number of nitrogens with zero attached hydrogens (tertiary/aromatic N) is 2. The molecule has 2 N–H and O–H groups in total. The summed E-state index contributed by atoms with van der Waals surface area (Å²) in [6.45, 7) is 1.59. The first-order valence-corrected chi connectivity index (χ1v) is 8.99. The molecule has 1 aromatic heterocycles. The van der Waals surface area contributed by atoms with Gasteiger partial charge < -0.3 is 15.5 Å².